The van der Waals surface area contributed by atoms with Crippen LogP contribution in [-0.4, -0.2) is 14.2 Å². The van der Waals surface area contributed by atoms with E-state index >= 15 is 0 Å². The van der Waals surface area contributed by atoms with E-state index in [4.69, 9.17) is 9.47 Å². The van der Waals surface area contributed by atoms with Crippen molar-refractivity contribution in [3.05, 3.63) is 71.2 Å². The van der Waals surface area contributed by atoms with Crippen molar-refractivity contribution in [3.63, 3.8) is 0 Å². The molecule has 0 aliphatic carbocycles. The third-order valence-corrected chi connectivity index (χ3v) is 5.40. The first kappa shape index (κ1) is 16.0. The van der Waals surface area contributed by atoms with Gasteiger partial charge < -0.3 is 9.47 Å². The summed E-state index contributed by atoms with van der Waals surface area (Å²) in [5.74, 6) is 1.64. The van der Waals surface area contributed by atoms with Crippen LogP contribution in [0.4, 0.5) is 0 Å². The molecule has 0 spiro atoms. The summed E-state index contributed by atoms with van der Waals surface area (Å²) in [5, 5.41) is 4.72. The number of fused-ring (bicyclic) bond motifs is 2. The molecule has 0 saturated carbocycles. The van der Waals surface area contributed by atoms with Crippen LogP contribution in [0.3, 0.4) is 0 Å². The lowest BCUT2D eigenvalue weighted by Crippen LogP contribution is -1.93. The van der Waals surface area contributed by atoms with Crippen LogP contribution in [0.1, 0.15) is 0 Å². The molecular formula is C22H17BrO2. The normalized spacial score (nSPS) is 11.0. The number of hydrogen-bond donors (Lipinski definition) is 0. The summed E-state index contributed by atoms with van der Waals surface area (Å²) < 4.78 is 12.2. The second-order valence-corrected chi connectivity index (χ2v) is 6.64. The van der Waals surface area contributed by atoms with E-state index in [0.717, 1.165) is 27.1 Å². The van der Waals surface area contributed by atoms with Crippen molar-refractivity contribution in [2.75, 3.05) is 14.2 Å². The van der Waals surface area contributed by atoms with Crippen molar-refractivity contribution < 1.29 is 9.47 Å². The second-order valence-electron chi connectivity index (χ2n) is 5.85. The highest BCUT2D eigenvalue weighted by Crippen LogP contribution is 2.45. The zero-order chi connectivity index (χ0) is 17.4. The molecule has 0 amide bonds. The Morgan fingerprint density at radius 3 is 1.76 bits per heavy atom. The number of benzene rings is 4. The lowest BCUT2D eigenvalue weighted by molar-refractivity contribution is 0.404. The van der Waals surface area contributed by atoms with Crippen molar-refractivity contribution in [2.45, 2.75) is 0 Å². The summed E-state index contributed by atoms with van der Waals surface area (Å²) >= 11 is 3.80. The Labute approximate surface area is 155 Å². The number of rotatable bonds is 3. The van der Waals surface area contributed by atoms with Gasteiger partial charge in [0.05, 0.1) is 14.2 Å². The molecule has 0 fully saturated rings. The zero-order valence-corrected chi connectivity index (χ0v) is 15.6. The maximum absolute atomic E-state index is 5.66. The van der Waals surface area contributed by atoms with Crippen LogP contribution in [-0.2, 0) is 0 Å². The summed E-state index contributed by atoms with van der Waals surface area (Å²) in [7, 11) is 3.39. The Morgan fingerprint density at radius 2 is 1.24 bits per heavy atom. The first-order chi connectivity index (χ1) is 12.2. The molecule has 3 heteroatoms. The maximum atomic E-state index is 5.66. The van der Waals surface area contributed by atoms with Crippen LogP contribution in [0.5, 0.6) is 11.5 Å². The third kappa shape index (κ3) is 2.56. The Balaban J connectivity index is 2.22. The summed E-state index contributed by atoms with van der Waals surface area (Å²) in [6, 6.07) is 22.8. The molecule has 4 rings (SSSR count). The standard InChI is InChI=1S/C22H17BrO2/c1-24-14-11-12-20(25-2)19(13-14)21-15-7-3-5-9-17(15)22(23)18-10-6-4-8-16(18)21/h3-13H,1-2H3. The molecule has 0 saturated heterocycles. The molecule has 25 heavy (non-hydrogen) atoms. The van der Waals surface area contributed by atoms with Crippen molar-refractivity contribution in [2.24, 2.45) is 0 Å². The molecule has 0 aliphatic heterocycles. The number of hydrogen-bond acceptors (Lipinski definition) is 2. The van der Waals surface area contributed by atoms with Gasteiger partial charge in [-0.15, -0.1) is 0 Å². The molecule has 4 aromatic rings. The van der Waals surface area contributed by atoms with Gasteiger partial charge in [-0.25, -0.2) is 0 Å². The predicted octanol–water partition coefficient (Wildman–Crippen LogP) is 6.44. The minimum atomic E-state index is 0.812. The van der Waals surface area contributed by atoms with Crippen LogP contribution >= 0.6 is 15.9 Å². The van der Waals surface area contributed by atoms with Gasteiger partial charge in [0.15, 0.2) is 0 Å². The molecule has 0 N–H and O–H groups in total. The second kappa shape index (κ2) is 6.41. The molecule has 0 atom stereocenters. The molecule has 4 aromatic carbocycles. The van der Waals surface area contributed by atoms with Crippen molar-refractivity contribution in [3.8, 4) is 22.6 Å². The summed E-state index contributed by atoms with van der Waals surface area (Å²) in [4.78, 5) is 0. The van der Waals surface area contributed by atoms with Crippen LogP contribution in [0, 0.1) is 0 Å². The van der Waals surface area contributed by atoms with Crippen LogP contribution < -0.4 is 9.47 Å². The average molecular weight is 393 g/mol. The van der Waals surface area contributed by atoms with E-state index in [0.29, 0.717) is 0 Å². The Morgan fingerprint density at radius 1 is 0.680 bits per heavy atom. The number of ether oxygens (including phenoxy) is 2. The van der Waals surface area contributed by atoms with Gasteiger partial charge in [-0.1, -0.05) is 48.5 Å². The van der Waals surface area contributed by atoms with Gasteiger partial charge >= 0.3 is 0 Å². The third-order valence-electron chi connectivity index (χ3n) is 4.54. The monoisotopic (exact) mass is 392 g/mol. The van der Waals surface area contributed by atoms with Crippen molar-refractivity contribution in [1.29, 1.82) is 0 Å². The Kier molecular flexibility index (Phi) is 4.10. The van der Waals surface area contributed by atoms with Gasteiger partial charge in [0, 0.05) is 15.6 Å². The molecule has 0 heterocycles. The van der Waals surface area contributed by atoms with E-state index in [1.807, 2.05) is 18.2 Å². The molecule has 0 radical (unpaired) electrons. The topological polar surface area (TPSA) is 18.5 Å². The summed E-state index contributed by atoms with van der Waals surface area (Å²) in [6.07, 6.45) is 0. The highest BCUT2D eigenvalue weighted by molar-refractivity contribution is 9.10. The van der Waals surface area contributed by atoms with Gasteiger partial charge in [0.1, 0.15) is 11.5 Å². The summed E-state index contributed by atoms with van der Waals surface area (Å²) in [6.45, 7) is 0. The quantitative estimate of drug-likeness (QED) is 0.373. The Hall–Kier alpha value is -2.52. The molecule has 0 unspecified atom stereocenters. The van der Waals surface area contributed by atoms with E-state index in [2.05, 4.69) is 64.5 Å². The van der Waals surface area contributed by atoms with E-state index in [9.17, 15) is 0 Å². The van der Waals surface area contributed by atoms with Gasteiger partial charge in [0.25, 0.3) is 0 Å². The molecule has 0 aliphatic rings. The van der Waals surface area contributed by atoms with Crippen molar-refractivity contribution in [1.82, 2.24) is 0 Å². The van der Waals surface area contributed by atoms with E-state index in [1.165, 1.54) is 21.5 Å². The van der Waals surface area contributed by atoms with E-state index in [1.54, 1.807) is 14.2 Å². The lowest BCUT2D eigenvalue weighted by atomic mass is 9.91. The maximum Gasteiger partial charge on any atom is 0.126 e. The van der Waals surface area contributed by atoms with Gasteiger partial charge in [-0.05, 0) is 55.7 Å². The zero-order valence-electron chi connectivity index (χ0n) is 14.0. The minimum absolute atomic E-state index is 0.812. The first-order valence-electron chi connectivity index (χ1n) is 8.06. The highest BCUT2D eigenvalue weighted by atomic mass is 79.9. The fourth-order valence-electron chi connectivity index (χ4n) is 3.37. The van der Waals surface area contributed by atoms with Gasteiger partial charge in [-0.3, -0.25) is 0 Å². The molecule has 124 valence electrons. The fourth-order valence-corrected chi connectivity index (χ4v) is 4.07. The fraction of sp³-hybridized carbons (Fsp3) is 0.0909. The predicted molar refractivity (Wildman–Crippen MR) is 108 cm³/mol. The Bertz CT molecular complexity index is 1030. The molecule has 0 bridgehead atoms. The highest BCUT2D eigenvalue weighted by Gasteiger charge is 2.17. The van der Waals surface area contributed by atoms with Crippen LogP contribution in [0.15, 0.2) is 71.2 Å². The van der Waals surface area contributed by atoms with E-state index in [-0.39, 0.29) is 0 Å². The van der Waals surface area contributed by atoms with E-state index < -0.39 is 0 Å². The first-order valence-corrected chi connectivity index (χ1v) is 8.85. The summed E-state index contributed by atoms with van der Waals surface area (Å²) in [5.41, 5.74) is 2.19. The lowest BCUT2D eigenvalue weighted by Gasteiger charge is -2.17. The van der Waals surface area contributed by atoms with Crippen molar-refractivity contribution >= 4 is 37.5 Å². The SMILES string of the molecule is COc1ccc(OC)c(-c2c3ccccc3c(Br)c3ccccc23)c1. The minimum Gasteiger partial charge on any atom is -0.497 e. The van der Waals surface area contributed by atoms with Gasteiger partial charge in [-0.2, -0.15) is 0 Å². The van der Waals surface area contributed by atoms with Gasteiger partial charge in [0.2, 0.25) is 0 Å². The van der Waals surface area contributed by atoms with Crippen LogP contribution in [0.2, 0.25) is 0 Å². The largest absolute Gasteiger partial charge is 0.497 e. The molecule has 0 aromatic heterocycles. The number of methoxy groups -OCH3 is 2. The molecule has 2 nitrogen and oxygen atoms in total. The average Bonchev–Trinajstić information content (AvgIpc) is 2.68. The smallest absolute Gasteiger partial charge is 0.126 e. The van der Waals surface area contributed by atoms with Crippen LogP contribution in [0.25, 0.3) is 32.7 Å². The molecular weight excluding hydrogens is 376 g/mol. The number of halogens is 1.